The molecule has 13 heavy (non-hydrogen) atoms. The van der Waals surface area contributed by atoms with Crippen molar-refractivity contribution in [2.45, 2.75) is 13.0 Å². The predicted molar refractivity (Wildman–Crippen MR) is 45.1 cm³/mol. The van der Waals surface area contributed by atoms with Crippen LogP contribution in [0, 0.1) is 0 Å². The Labute approximate surface area is 74.7 Å². The lowest BCUT2D eigenvalue weighted by Gasteiger charge is -2.26. The molecule has 0 radical (unpaired) electrons. The Bertz CT molecular complexity index is 353. The smallest absolute Gasteiger partial charge is 0.295 e. The topological polar surface area (TPSA) is 29.5 Å². The number of benzene rings is 1. The van der Waals surface area contributed by atoms with Gasteiger partial charge in [-0.2, -0.15) is 0 Å². The quantitative estimate of drug-likeness (QED) is 0.570. The van der Waals surface area contributed by atoms with E-state index in [1.165, 1.54) is 13.0 Å². The third kappa shape index (κ3) is 1.14. The average molecular weight is 181 g/mol. The minimum absolute atomic E-state index is 0.128. The van der Waals surface area contributed by atoms with E-state index >= 15 is 0 Å². The Hall–Kier alpha value is -1.58. The second kappa shape index (κ2) is 2.73. The largest absolute Gasteiger partial charge is 0.478 e. The number of hydrogen-bond donors (Lipinski definition) is 0. The highest BCUT2D eigenvalue weighted by Crippen LogP contribution is 2.33. The second-order valence-electron chi connectivity index (χ2n) is 2.85. The van der Waals surface area contributed by atoms with Crippen LogP contribution in [0.25, 0.3) is 0 Å². The van der Waals surface area contributed by atoms with Crippen LogP contribution in [-0.4, -0.2) is 12.0 Å². The molecule has 3 nitrogen and oxygen atoms in total. The highest BCUT2D eigenvalue weighted by Gasteiger charge is 2.31. The lowest BCUT2D eigenvalue weighted by molar-refractivity contribution is -0.128. The summed E-state index contributed by atoms with van der Waals surface area (Å²) >= 11 is 0. The molecule has 0 saturated heterocycles. The van der Waals surface area contributed by atoms with Crippen molar-refractivity contribution in [3.8, 4) is 5.75 Å². The third-order valence-electron chi connectivity index (χ3n) is 1.92. The predicted octanol–water partition coefficient (Wildman–Crippen LogP) is 1.68. The van der Waals surface area contributed by atoms with Gasteiger partial charge in [0.2, 0.25) is 0 Å². The summed E-state index contributed by atoms with van der Waals surface area (Å²) in [6.07, 6.45) is -0.750. The summed E-state index contributed by atoms with van der Waals surface area (Å²) in [7, 11) is 0. The van der Waals surface area contributed by atoms with E-state index in [0.717, 1.165) is 0 Å². The van der Waals surface area contributed by atoms with Crippen LogP contribution in [-0.2, 0) is 4.79 Å². The number of anilines is 1. The lowest BCUT2D eigenvalue weighted by Crippen LogP contribution is -2.39. The molecule has 1 unspecified atom stereocenters. The Morgan fingerprint density at radius 1 is 1.46 bits per heavy atom. The molecule has 0 fully saturated rings. The highest BCUT2D eigenvalue weighted by molar-refractivity contribution is 5.97. The maximum Gasteiger partial charge on any atom is 0.295 e. The van der Waals surface area contributed by atoms with Gasteiger partial charge in [-0.1, -0.05) is 16.6 Å². The number of carbonyl (C=O) groups excluding carboxylic acids is 1. The molecular formula is C9H8FNO2. The van der Waals surface area contributed by atoms with E-state index in [0.29, 0.717) is 5.75 Å². The molecule has 1 amide bonds. The number of para-hydroxylation sites is 2. The number of amides is 1. The first-order chi connectivity index (χ1) is 6.20. The number of halogens is 1. The number of nitrogens with zero attached hydrogens (tertiary/aromatic N) is 1. The first-order valence-corrected chi connectivity index (χ1v) is 3.95. The lowest BCUT2D eigenvalue weighted by atomic mass is 10.2. The summed E-state index contributed by atoms with van der Waals surface area (Å²) in [6.45, 7) is 1.52. The fourth-order valence-electron chi connectivity index (χ4n) is 1.24. The summed E-state index contributed by atoms with van der Waals surface area (Å²) in [5.41, 5.74) is 0.172. The Balaban J connectivity index is 2.49. The first kappa shape index (κ1) is 8.04. The van der Waals surface area contributed by atoms with E-state index in [9.17, 15) is 9.28 Å². The zero-order valence-electron chi connectivity index (χ0n) is 7.03. The zero-order valence-corrected chi connectivity index (χ0v) is 7.03. The molecule has 1 atom stereocenters. The molecule has 4 heteroatoms. The molecule has 1 aromatic rings. The van der Waals surface area contributed by atoms with Crippen LogP contribution in [0.4, 0.5) is 10.2 Å². The van der Waals surface area contributed by atoms with Crippen molar-refractivity contribution >= 4 is 11.6 Å². The van der Waals surface area contributed by atoms with Crippen molar-refractivity contribution in [2.75, 3.05) is 5.12 Å². The Morgan fingerprint density at radius 3 is 2.92 bits per heavy atom. The number of hydrogen-bond acceptors (Lipinski definition) is 2. The maximum absolute atomic E-state index is 13.2. The fraction of sp³-hybridized carbons (Fsp3) is 0.222. The summed E-state index contributed by atoms with van der Waals surface area (Å²) < 4.78 is 18.4. The second-order valence-corrected chi connectivity index (χ2v) is 2.85. The molecule has 0 aliphatic carbocycles. The molecule has 1 heterocycles. The number of rotatable bonds is 0. The highest BCUT2D eigenvalue weighted by atomic mass is 19.2. The van der Waals surface area contributed by atoms with Crippen molar-refractivity contribution in [3.05, 3.63) is 24.3 Å². The molecule has 68 valence electrons. The van der Waals surface area contributed by atoms with Crippen molar-refractivity contribution in [1.82, 2.24) is 0 Å². The van der Waals surface area contributed by atoms with Crippen LogP contribution in [0.1, 0.15) is 6.92 Å². The molecule has 0 aromatic heterocycles. The van der Waals surface area contributed by atoms with Crippen molar-refractivity contribution < 1.29 is 14.0 Å². The summed E-state index contributed by atoms with van der Waals surface area (Å²) in [4.78, 5) is 11.1. The average Bonchev–Trinajstić information content (AvgIpc) is 2.15. The van der Waals surface area contributed by atoms with Crippen LogP contribution in [0.3, 0.4) is 0 Å². The van der Waals surface area contributed by atoms with Gasteiger partial charge in [-0.15, -0.1) is 5.12 Å². The molecular weight excluding hydrogens is 173 g/mol. The van der Waals surface area contributed by atoms with Gasteiger partial charge < -0.3 is 4.74 Å². The molecule has 0 saturated carbocycles. The molecule has 1 aliphatic heterocycles. The van der Waals surface area contributed by atoms with Gasteiger partial charge in [0, 0.05) is 0 Å². The third-order valence-corrected chi connectivity index (χ3v) is 1.92. The van der Waals surface area contributed by atoms with Crippen molar-refractivity contribution in [1.29, 1.82) is 0 Å². The minimum atomic E-state index is -0.750. The van der Waals surface area contributed by atoms with E-state index in [4.69, 9.17) is 4.74 Å². The van der Waals surface area contributed by atoms with Crippen molar-refractivity contribution in [2.24, 2.45) is 0 Å². The Kier molecular flexibility index (Phi) is 1.69. The zero-order chi connectivity index (χ0) is 9.42. The van der Waals surface area contributed by atoms with Crippen LogP contribution in [0.2, 0.25) is 0 Å². The van der Waals surface area contributed by atoms with E-state index < -0.39 is 12.0 Å². The van der Waals surface area contributed by atoms with E-state index in [2.05, 4.69) is 0 Å². The summed E-state index contributed by atoms with van der Waals surface area (Å²) in [6, 6.07) is 6.51. The maximum atomic E-state index is 13.2. The summed E-state index contributed by atoms with van der Waals surface area (Å²) in [5.74, 6) is -0.268. The van der Waals surface area contributed by atoms with E-state index in [1.54, 1.807) is 18.2 Å². The molecule has 0 bridgehead atoms. The molecule has 0 spiro atoms. The van der Waals surface area contributed by atoms with Crippen LogP contribution < -0.4 is 9.86 Å². The molecule has 2 rings (SSSR count). The van der Waals surface area contributed by atoms with Gasteiger partial charge in [0.1, 0.15) is 11.4 Å². The van der Waals surface area contributed by atoms with Crippen LogP contribution in [0.15, 0.2) is 24.3 Å². The van der Waals surface area contributed by atoms with Gasteiger partial charge in [-0.3, -0.25) is 4.79 Å². The molecule has 0 N–H and O–H groups in total. The Morgan fingerprint density at radius 2 is 2.15 bits per heavy atom. The standard InChI is InChI=1S/C9H8FNO2/c1-6-9(12)11(10)7-4-2-3-5-8(7)13-6/h2-6H,1H3. The van der Waals surface area contributed by atoms with E-state index in [-0.39, 0.29) is 10.8 Å². The molecule has 1 aliphatic rings. The van der Waals surface area contributed by atoms with Crippen LogP contribution >= 0.6 is 0 Å². The van der Waals surface area contributed by atoms with Gasteiger partial charge in [-0.25, -0.2) is 0 Å². The van der Waals surface area contributed by atoms with Gasteiger partial charge in [0.05, 0.1) is 0 Å². The SMILES string of the molecule is CC1Oc2ccccc2N(F)C1=O. The van der Waals surface area contributed by atoms with Gasteiger partial charge in [-0.05, 0) is 19.1 Å². The number of fused-ring (bicyclic) bond motifs is 1. The monoisotopic (exact) mass is 181 g/mol. The fourth-order valence-corrected chi connectivity index (χ4v) is 1.24. The van der Waals surface area contributed by atoms with Gasteiger partial charge in [0.15, 0.2) is 6.10 Å². The van der Waals surface area contributed by atoms with E-state index in [1.807, 2.05) is 0 Å². The van der Waals surface area contributed by atoms with Gasteiger partial charge in [0.25, 0.3) is 5.91 Å². The van der Waals surface area contributed by atoms with Crippen molar-refractivity contribution in [3.63, 3.8) is 0 Å². The van der Waals surface area contributed by atoms with Crippen LogP contribution in [0.5, 0.6) is 5.75 Å². The van der Waals surface area contributed by atoms with Gasteiger partial charge >= 0.3 is 0 Å². The minimum Gasteiger partial charge on any atom is -0.478 e. The normalized spacial score (nSPS) is 20.9. The first-order valence-electron chi connectivity index (χ1n) is 3.95. The number of ether oxygens (including phenoxy) is 1. The number of carbonyl (C=O) groups is 1. The molecule has 1 aromatic carbocycles. The summed E-state index contributed by atoms with van der Waals surface area (Å²) in [5, 5.41) is 0.128.